The van der Waals surface area contributed by atoms with E-state index in [2.05, 4.69) is 27.2 Å². The molecule has 132 valence electrons. The Morgan fingerprint density at radius 1 is 1.12 bits per heavy atom. The minimum Gasteiger partial charge on any atom is -0.368 e. The fraction of sp³-hybridized carbons (Fsp3) is 0.556. The van der Waals surface area contributed by atoms with Gasteiger partial charge < -0.3 is 16.8 Å². The molecular weight excluding hydrogens is 314 g/mol. The van der Waals surface area contributed by atoms with E-state index in [0.717, 1.165) is 48.7 Å². The van der Waals surface area contributed by atoms with Gasteiger partial charge in [-0.25, -0.2) is 15.0 Å². The molecular formula is C18H25N7. The highest BCUT2D eigenvalue weighted by atomic mass is 15.1. The summed E-state index contributed by atoms with van der Waals surface area (Å²) < 4.78 is 0. The van der Waals surface area contributed by atoms with Crippen molar-refractivity contribution in [2.45, 2.75) is 64.0 Å². The molecule has 0 unspecified atom stereocenters. The van der Waals surface area contributed by atoms with E-state index in [0.29, 0.717) is 18.4 Å². The van der Waals surface area contributed by atoms with E-state index >= 15 is 0 Å². The third-order valence-electron chi connectivity index (χ3n) is 5.22. The van der Waals surface area contributed by atoms with Crippen molar-refractivity contribution < 1.29 is 0 Å². The summed E-state index contributed by atoms with van der Waals surface area (Å²) in [5.74, 6) is 2.22. The molecule has 2 aliphatic rings. The normalized spacial score (nSPS) is 22.2. The highest BCUT2D eigenvalue weighted by Gasteiger charge is 2.29. The van der Waals surface area contributed by atoms with Gasteiger partial charge in [0.15, 0.2) is 0 Å². The molecule has 2 aromatic rings. The van der Waals surface area contributed by atoms with Gasteiger partial charge in [0.05, 0.1) is 12.2 Å². The van der Waals surface area contributed by atoms with Crippen molar-refractivity contribution in [1.82, 2.24) is 19.9 Å². The Bertz CT molecular complexity index is 783. The highest BCUT2D eigenvalue weighted by Crippen LogP contribution is 2.35. The molecule has 0 bridgehead atoms. The molecule has 4 rings (SSSR count). The fourth-order valence-corrected chi connectivity index (χ4v) is 3.78. The largest absolute Gasteiger partial charge is 0.368 e. The standard InChI is InChI=1S/C18H25N7/c1-10-13-4-2-3-5-14(13)23-17(22-10)9-21-16-8-15(24-18(20)25-16)11-6-12(19)7-11/h8,11-12H,2-7,9,19H2,1H3,(H3,20,21,24,25). The van der Waals surface area contributed by atoms with E-state index in [1.807, 2.05) is 6.07 Å². The number of anilines is 2. The number of hydrogen-bond acceptors (Lipinski definition) is 7. The molecule has 0 aromatic carbocycles. The first-order valence-electron chi connectivity index (χ1n) is 9.07. The van der Waals surface area contributed by atoms with Crippen LogP contribution in [0.15, 0.2) is 6.07 Å². The van der Waals surface area contributed by atoms with Crippen LogP contribution in [0.2, 0.25) is 0 Å². The molecule has 1 fully saturated rings. The lowest BCUT2D eigenvalue weighted by Crippen LogP contribution is -2.35. The third-order valence-corrected chi connectivity index (χ3v) is 5.22. The van der Waals surface area contributed by atoms with Crippen molar-refractivity contribution in [3.8, 4) is 0 Å². The lowest BCUT2D eigenvalue weighted by atomic mass is 9.78. The monoisotopic (exact) mass is 339 g/mol. The molecule has 2 aromatic heterocycles. The minimum absolute atomic E-state index is 0.282. The summed E-state index contributed by atoms with van der Waals surface area (Å²) in [5, 5.41) is 3.30. The first-order chi connectivity index (χ1) is 12.1. The third kappa shape index (κ3) is 3.42. The van der Waals surface area contributed by atoms with Gasteiger partial charge in [-0.2, -0.15) is 4.98 Å². The number of aryl methyl sites for hydroxylation is 2. The van der Waals surface area contributed by atoms with E-state index in [4.69, 9.17) is 16.5 Å². The molecule has 0 spiro atoms. The van der Waals surface area contributed by atoms with Gasteiger partial charge in [0.25, 0.3) is 0 Å². The van der Waals surface area contributed by atoms with Gasteiger partial charge in [-0.05, 0) is 51.0 Å². The van der Waals surface area contributed by atoms with Crippen LogP contribution in [0, 0.1) is 6.92 Å². The summed E-state index contributed by atoms with van der Waals surface area (Å²) in [6.07, 6.45) is 6.53. The second-order valence-corrected chi connectivity index (χ2v) is 7.18. The molecule has 25 heavy (non-hydrogen) atoms. The quantitative estimate of drug-likeness (QED) is 0.778. The fourth-order valence-electron chi connectivity index (χ4n) is 3.78. The van der Waals surface area contributed by atoms with Crippen LogP contribution < -0.4 is 16.8 Å². The summed E-state index contributed by atoms with van der Waals surface area (Å²) in [6.45, 7) is 2.62. The number of nitrogen functional groups attached to an aromatic ring is 1. The van der Waals surface area contributed by atoms with Crippen LogP contribution in [0.4, 0.5) is 11.8 Å². The lowest BCUT2D eigenvalue weighted by molar-refractivity contribution is 0.345. The summed E-state index contributed by atoms with van der Waals surface area (Å²) in [7, 11) is 0. The predicted molar refractivity (Wildman–Crippen MR) is 97.1 cm³/mol. The van der Waals surface area contributed by atoms with Crippen molar-refractivity contribution >= 4 is 11.8 Å². The van der Waals surface area contributed by atoms with Gasteiger partial charge in [-0.15, -0.1) is 0 Å². The summed E-state index contributed by atoms with van der Waals surface area (Å²) in [6, 6.07) is 2.25. The Hall–Kier alpha value is -2.28. The lowest BCUT2D eigenvalue weighted by Gasteiger charge is -2.32. The molecule has 0 saturated heterocycles. The van der Waals surface area contributed by atoms with Gasteiger partial charge in [0.2, 0.25) is 5.95 Å². The van der Waals surface area contributed by atoms with Gasteiger partial charge in [0.1, 0.15) is 11.6 Å². The van der Waals surface area contributed by atoms with E-state index < -0.39 is 0 Å². The molecule has 7 nitrogen and oxygen atoms in total. The van der Waals surface area contributed by atoms with Crippen molar-refractivity contribution in [2.75, 3.05) is 11.1 Å². The average molecular weight is 339 g/mol. The zero-order chi connectivity index (χ0) is 17.4. The first kappa shape index (κ1) is 16.2. The van der Waals surface area contributed by atoms with E-state index in [1.165, 1.54) is 24.1 Å². The van der Waals surface area contributed by atoms with Crippen molar-refractivity contribution in [2.24, 2.45) is 5.73 Å². The first-order valence-corrected chi connectivity index (χ1v) is 9.07. The molecule has 0 radical (unpaired) electrons. The number of nitrogens with zero attached hydrogens (tertiary/aromatic N) is 4. The average Bonchev–Trinajstić information content (AvgIpc) is 2.57. The molecule has 2 heterocycles. The molecule has 0 amide bonds. The molecule has 5 N–H and O–H groups in total. The van der Waals surface area contributed by atoms with E-state index in [1.54, 1.807) is 0 Å². The van der Waals surface area contributed by atoms with Crippen LogP contribution in [-0.4, -0.2) is 26.0 Å². The van der Waals surface area contributed by atoms with Crippen LogP contribution in [0.3, 0.4) is 0 Å². The van der Waals surface area contributed by atoms with Gasteiger partial charge >= 0.3 is 0 Å². The predicted octanol–water partition coefficient (Wildman–Crippen LogP) is 1.85. The van der Waals surface area contributed by atoms with E-state index in [-0.39, 0.29) is 6.04 Å². The highest BCUT2D eigenvalue weighted by molar-refractivity contribution is 5.42. The SMILES string of the molecule is Cc1nc(CNc2cc(C3CC(N)C3)nc(N)n2)nc2c1CCCC2. The zero-order valence-corrected chi connectivity index (χ0v) is 14.6. The molecule has 0 atom stereocenters. The number of nitrogens with two attached hydrogens (primary N) is 2. The summed E-state index contributed by atoms with van der Waals surface area (Å²) >= 11 is 0. The van der Waals surface area contributed by atoms with Crippen molar-refractivity contribution in [3.05, 3.63) is 34.5 Å². The van der Waals surface area contributed by atoms with Gasteiger partial charge in [0, 0.05) is 29.4 Å². The maximum absolute atomic E-state index is 5.88. The maximum Gasteiger partial charge on any atom is 0.222 e. The second kappa shape index (κ2) is 6.55. The maximum atomic E-state index is 5.88. The topological polar surface area (TPSA) is 116 Å². The smallest absolute Gasteiger partial charge is 0.222 e. The molecule has 1 saturated carbocycles. The number of rotatable bonds is 4. The zero-order valence-electron chi connectivity index (χ0n) is 14.6. The van der Waals surface area contributed by atoms with Gasteiger partial charge in [-0.1, -0.05) is 0 Å². The molecule has 7 heteroatoms. The molecule has 2 aliphatic carbocycles. The second-order valence-electron chi connectivity index (χ2n) is 7.18. The van der Waals surface area contributed by atoms with Crippen LogP contribution in [0.25, 0.3) is 0 Å². The van der Waals surface area contributed by atoms with E-state index in [9.17, 15) is 0 Å². The van der Waals surface area contributed by atoms with Crippen LogP contribution >= 0.6 is 0 Å². The van der Waals surface area contributed by atoms with Gasteiger partial charge in [-0.3, -0.25) is 0 Å². The number of aromatic nitrogens is 4. The van der Waals surface area contributed by atoms with Crippen molar-refractivity contribution in [1.29, 1.82) is 0 Å². The Morgan fingerprint density at radius 2 is 1.92 bits per heavy atom. The van der Waals surface area contributed by atoms with Crippen LogP contribution in [0.5, 0.6) is 0 Å². The number of nitrogens with one attached hydrogen (secondary N) is 1. The summed E-state index contributed by atoms with van der Waals surface area (Å²) in [4.78, 5) is 18.0. The Labute approximate surface area is 147 Å². The number of fused-ring (bicyclic) bond motifs is 1. The minimum atomic E-state index is 0.282. The summed E-state index contributed by atoms with van der Waals surface area (Å²) in [5.41, 5.74) is 16.4. The van der Waals surface area contributed by atoms with Crippen LogP contribution in [-0.2, 0) is 19.4 Å². The molecule has 0 aliphatic heterocycles. The van der Waals surface area contributed by atoms with Crippen molar-refractivity contribution in [3.63, 3.8) is 0 Å². The Kier molecular flexibility index (Phi) is 4.25. The number of hydrogen-bond donors (Lipinski definition) is 3. The Balaban J connectivity index is 1.49. The Morgan fingerprint density at radius 3 is 2.72 bits per heavy atom. The van der Waals surface area contributed by atoms with Crippen LogP contribution in [0.1, 0.15) is 60.1 Å².